The van der Waals surface area contributed by atoms with Crippen molar-refractivity contribution in [3.63, 3.8) is 0 Å². The molecule has 0 saturated heterocycles. The van der Waals surface area contributed by atoms with Crippen LogP contribution in [0.3, 0.4) is 0 Å². The molecule has 2 rings (SSSR count). The fourth-order valence-corrected chi connectivity index (χ4v) is 2.09. The quantitative estimate of drug-likeness (QED) is 0.852. The fraction of sp³-hybridized carbons (Fsp3) is 0.235. The molecule has 6 heteroatoms. The standard InChI is InChI=1S/C17H18FN3O2/c1-11(2)15(14-9-5-6-10-19-14)21-17(23)16(22)20-13-8-4-3-7-12(13)18/h3-11,15H,1-2H3,(H,20,22)(H,21,23). The molecule has 0 radical (unpaired) electrons. The number of carbonyl (C=O) groups excluding carboxylic acids is 2. The highest BCUT2D eigenvalue weighted by molar-refractivity contribution is 6.39. The van der Waals surface area contributed by atoms with E-state index in [1.165, 1.54) is 18.2 Å². The van der Waals surface area contributed by atoms with Gasteiger partial charge < -0.3 is 10.6 Å². The summed E-state index contributed by atoms with van der Waals surface area (Å²) in [4.78, 5) is 28.2. The molecular weight excluding hydrogens is 297 g/mol. The number of rotatable bonds is 4. The minimum absolute atomic E-state index is 0.0356. The second-order valence-electron chi connectivity index (χ2n) is 5.38. The first-order valence-corrected chi connectivity index (χ1v) is 7.26. The van der Waals surface area contributed by atoms with E-state index in [1.54, 1.807) is 24.4 Å². The van der Waals surface area contributed by atoms with Crippen LogP contribution >= 0.6 is 0 Å². The van der Waals surface area contributed by atoms with Crippen molar-refractivity contribution in [1.29, 1.82) is 0 Å². The van der Waals surface area contributed by atoms with Crippen LogP contribution in [-0.2, 0) is 9.59 Å². The van der Waals surface area contributed by atoms with Gasteiger partial charge in [-0.2, -0.15) is 0 Å². The van der Waals surface area contributed by atoms with Crippen LogP contribution in [0.15, 0.2) is 48.7 Å². The summed E-state index contributed by atoms with van der Waals surface area (Å²) in [6.45, 7) is 3.82. The molecular formula is C17H18FN3O2. The molecule has 0 aliphatic rings. The summed E-state index contributed by atoms with van der Waals surface area (Å²) < 4.78 is 13.5. The Morgan fingerprint density at radius 1 is 1.04 bits per heavy atom. The van der Waals surface area contributed by atoms with E-state index in [1.807, 2.05) is 19.9 Å². The van der Waals surface area contributed by atoms with Gasteiger partial charge in [0, 0.05) is 6.20 Å². The van der Waals surface area contributed by atoms with E-state index < -0.39 is 23.7 Å². The lowest BCUT2D eigenvalue weighted by molar-refractivity contribution is -0.136. The first-order chi connectivity index (χ1) is 11.0. The number of carbonyl (C=O) groups is 2. The maximum Gasteiger partial charge on any atom is 0.313 e. The molecule has 0 aliphatic heterocycles. The topological polar surface area (TPSA) is 71.1 Å². The van der Waals surface area contributed by atoms with Crippen molar-refractivity contribution >= 4 is 17.5 Å². The van der Waals surface area contributed by atoms with E-state index in [4.69, 9.17) is 0 Å². The van der Waals surface area contributed by atoms with Crippen molar-refractivity contribution in [2.45, 2.75) is 19.9 Å². The average Bonchev–Trinajstić information content (AvgIpc) is 2.55. The third-order valence-corrected chi connectivity index (χ3v) is 3.29. The molecule has 2 N–H and O–H groups in total. The number of amides is 2. The normalized spacial score (nSPS) is 11.8. The summed E-state index contributed by atoms with van der Waals surface area (Å²) in [5.74, 6) is -2.32. The lowest BCUT2D eigenvalue weighted by atomic mass is 10.0. The van der Waals surface area contributed by atoms with Gasteiger partial charge in [-0.15, -0.1) is 0 Å². The number of halogens is 1. The number of nitrogens with one attached hydrogen (secondary N) is 2. The number of benzene rings is 1. The molecule has 5 nitrogen and oxygen atoms in total. The highest BCUT2D eigenvalue weighted by atomic mass is 19.1. The maximum atomic E-state index is 13.5. The lowest BCUT2D eigenvalue weighted by Crippen LogP contribution is -2.40. The molecule has 120 valence electrons. The van der Waals surface area contributed by atoms with Gasteiger partial charge in [0.05, 0.1) is 17.4 Å². The van der Waals surface area contributed by atoms with E-state index in [0.29, 0.717) is 5.69 Å². The van der Waals surface area contributed by atoms with Crippen LogP contribution in [0.2, 0.25) is 0 Å². The molecule has 0 spiro atoms. The molecule has 0 aliphatic carbocycles. The van der Waals surface area contributed by atoms with Crippen LogP contribution in [0.1, 0.15) is 25.6 Å². The predicted molar refractivity (Wildman–Crippen MR) is 85.0 cm³/mol. The Morgan fingerprint density at radius 3 is 2.35 bits per heavy atom. The number of para-hydroxylation sites is 1. The van der Waals surface area contributed by atoms with Gasteiger partial charge in [-0.1, -0.05) is 32.0 Å². The van der Waals surface area contributed by atoms with Crippen molar-refractivity contribution in [2.75, 3.05) is 5.32 Å². The summed E-state index contributed by atoms with van der Waals surface area (Å²) in [5.41, 5.74) is 0.626. The molecule has 0 bridgehead atoms. The molecule has 1 heterocycles. The van der Waals surface area contributed by atoms with Crippen molar-refractivity contribution < 1.29 is 14.0 Å². The Morgan fingerprint density at radius 2 is 1.74 bits per heavy atom. The Kier molecular flexibility index (Phi) is 5.41. The van der Waals surface area contributed by atoms with Crippen molar-refractivity contribution in [1.82, 2.24) is 10.3 Å². The number of anilines is 1. The molecule has 2 aromatic rings. The summed E-state index contributed by atoms with van der Waals surface area (Å²) in [6, 6.07) is 10.6. The SMILES string of the molecule is CC(C)C(NC(=O)C(=O)Nc1ccccc1F)c1ccccn1. The van der Waals surface area contributed by atoms with Crippen LogP contribution in [0.4, 0.5) is 10.1 Å². The number of pyridine rings is 1. The zero-order chi connectivity index (χ0) is 16.8. The lowest BCUT2D eigenvalue weighted by Gasteiger charge is -2.21. The van der Waals surface area contributed by atoms with Crippen LogP contribution < -0.4 is 10.6 Å². The third kappa shape index (κ3) is 4.35. The van der Waals surface area contributed by atoms with Gasteiger partial charge in [0.2, 0.25) is 0 Å². The van der Waals surface area contributed by atoms with E-state index in [-0.39, 0.29) is 11.6 Å². The smallest absolute Gasteiger partial charge is 0.313 e. The first kappa shape index (κ1) is 16.6. The highest BCUT2D eigenvalue weighted by Gasteiger charge is 2.23. The van der Waals surface area contributed by atoms with Crippen LogP contribution in [0.25, 0.3) is 0 Å². The fourth-order valence-electron chi connectivity index (χ4n) is 2.09. The molecule has 2 amide bonds. The zero-order valence-corrected chi connectivity index (χ0v) is 12.9. The average molecular weight is 315 g/mol. The largest absolute Gasteiger partial charge is 0.339 e. The summed E-state index contributed by atoms with van der Waals surface area (Å²) in [5, 5.41) is 4.90. The summed E-state index contributed by atoms with van der Waals surface area (Å²) in [6.07, 6.45) is 1.62. The zero-order valence-electron chi connectivity index (χ0n) is 12.9. The molecule has 0 saturated carbocycles. The first-order valence-electron chi connectivity index (χ1n) is 7.26. The van der Waals surface area contributed by atoms with Gasteiger partial charge in [-0.05, 0) is 30.2 Å². The molecule has 1 atom stereocenters. The molecule has 1 aromatic carbocycles. The van der Waals surface area contributed by atoms with Gasteiger partial charge >= 0.3 is 11.8 Å². The Labute approximate surface area is 133 Å². The second-order valence-corrected chi connectivity index (χ2v) is 5.38. The minimum atomic E-state index is -0.920. The maximum absolute atomic E-state index is 13.5. The van der Waals surface area contributed by atoms with Crippen LogP contribution in [0, 0.1) is 11.7 Å². The van der Waals surface area contributed by atoms with Crippen molar-refractivity contribution in [2.24, 2.45) is 5.92 Å². The van der Waals surface area contributed by atoms with Crippen LogP contribution in [0.5, 0.6) is 0 Å². The van der Waals surface area contributed by atoms with Crippen molar-refractivity contribution in [3.05, 3.63) is 60.2 Å². The van der Waals surface area contributed by atoms with Crippen LogP contribution in [-0.4, -0.2) is 16.8 Å². The Hall–Kier alpha value is -2.76. The monoisotopic (exact) mass is 315 g/mol. The molecule has 1 aromatic heterocycles. The van der Waals surface area contributed by atoms with Gasteiger partial charge in [0.15, 0.2) is 0 Å². The third-order valence-electron chi connectivity index (χ3n) is 3.29. The predicted octanol–water partition coefficient (Wildman–Crippen LogP) is 2.67. The summed E-state index contributed by atoms with van der Waals surface area (Å²) >= 11 is 0. The van der Waals surface area contributed by atoms with Gasteiger partial charge in [-0.25, -0.2) is 4.39 Å². The van der Waals surface area contributed by atoms with Gasteiger partial charge in [0.25, 0.3) is 0 Å². The highest BCUT2D eigenvalue weighted by Crippen LogP contribution is 2.19. The van der Waals surface area contributed by atoms with Gasteiger partial charge in [0.1, 0.15) is 5.82 Å². The molecule has 1 unspecified atom stereocenters. The number of aromatic nitrogens is 1. The van der Waals surface area contributed by atoms with E-state index in [2.05, 4.69) is 15.6 Å². The van der Waals surface area contributed by atoms with E-state index >= 15 is 0 Å². The number of hydrogen-bond donors (Lipinski definition) is 2. The molecule has 23 heavy (non-hydrogen) atoms. The minimum Gasteiger partial charge on any atom is -0.339 e. The Balaban J connectivity index is 2.07. The molecule has 0 fully saturated rings. The number of hydrogen-bond acceptors (Lipinski definition) is 3. The van der Waals surface area contributed by atoms with Gasteiger partial charge in [-0.3, -0.25) is 14.6 Å². The Bertz CT molecular complexity index is 689. The number of nitrogens with zero attached hydrogens (tertiary/aromatic N) is 1. The van der Waals surface area contributed by atoms with E-state index in [9.17, 15) is 14.0 Å². The van der Waals surface area contributed by atoms with Crippen molar-refractivity contribution in [3.8, 4) is 0 Å². The second kappa shape index (κ2) is 7.49. The summed E-state index contributed by atoms with van der Waals surface area (Å²) in [7, 11) is 0. The van der Waals surface area contributed by atoms with E-state index in [0.717, 1.165) is 0 Å².